The van der Waals surface area contributed by atoms with E-state index in [1.54, 1.807) is 31.2 Å². The Kier molecular flexibility index (Phi) is 7.09. The van der Waals surface area contributed by atoms with Gasteiger partial charge in [0.1, 0.15) is 17.9 Å². The smallest absolute Gasteiger partial charge is 0.345 e. The summed E-state index contributed by atoms with van der Waals surface area (Å²) >= 11 is 12.1. The number of carbonyl (C=O) groups excluding carboxylic acids is 1. The Morgan fingerprint density at radius 2 is 1.90 bits per heavy atom. The molecule has 0 saturated heterocycles. The molecule has 31 heavy (non-hydrogen) atoms. The van der Waals surface area contributed by atoms with Crippen molar-refractivity contribution in [3.63, 3.8) is 0 Å². The highest BCUT2D eigenvalue weighted by atomic mass is 35.5. The van der Waals surface area contributed by atoms with Gasteiger partial charge in [-0.1, -0.05) is 40.9 Å². The van der Waals surface area contributed by atoms with Crippen molar-refractivity contribution < 1.29 is 22.7 Å². The van der Waals surface area contributed by atoms with Gasteiger partial charge in [0.25, 0.3) is 10.0 Å². The van der Waals surface area contributed by atoms with Crippen molar-refractivity contribution in [1.82, 2.24) is 4.83 Å². The highest BCUT2D eigenvalue weighted by Crippen LogP contribution is 2.29. The number of hydrazone groups is 1. The quantitative estimate of drug-likeness (QED) is 0.457. The summed E-state index contributed by atoms with van der Waals surface area (Å²) in [7, 11) is -3.94. The van der Waals surface area contributed by atoms with Gasteiger partial charge >= 0.3 is 5.97 Å². The average Bonchev–Trinajstić information content (AvgIpc) is 3.12. The molecule has 8 nitrogen and oxygen atoms in total. The van der Waals surface area contributed by atoms with Crippen LogP contribution >= 0.6 is 23.2 Å². The number of nitrogens with zero attached hydrogens (tertiary/aromatic N) is 1. The second-order valence-corrected chi connectivity index (χ2v) is 8.93. The summed E-state index contributed by atoms with van der Waals surface area (Å²) in [6.07, 6.45) is 0. The molecule has 0 aliphatic carbocycles. The largest absolute Gasteiger partial charge is 0.472 e. The monoisotopic (exact) mass is 483 g/mol. The number of sulfonamides is 1. The fourth-order valence-electron chi connectivity index (χ4n) is 2.61. The summed E-state index contributed by atoms with van der Waals surface area (Å²) in [5.74, 6) is -0.683. The molecule has 0 amide bonds. The summed E-state index contributed by atoms with van der Waals surface area (Å²) in [6, 6.07) is 11.0. The number of ether oxygens (including phenoxy) is 2. The molecule has 2 aromatic carbocycles. The Morgan fingerprint density at radius 3 is 2.55 bits per heavy atom. The average molecular weight is 484 g/mol. The number of esters is 1. The van der Waals surface area contributed by atoms with Gasteiger partial charge < -0.3 is 14.8 Å². The molecule has 11 heteroatoms. The van der Waals surface area contributed by atoms with Crippen LogP contribution in [0.5, 0.6) is 0 Å². The number of anilines is 1. The summed E-state index contributed by atoms with van der Waals surface area (Å²) in [5.41, 5.74) is 1.36. The highest BCUT2D eigenvalue weighted by Gasteiger charge is 2.32. The van der Waals surface area contributed by atoms with Crippen LogP contribution in [0.15, 0.2) is 63.9 Å². The predicted molar refractivity (Wildman–Crippen MR) is 119 cm³/mol. The van der Waals surface area contributed by atoms with Crippen molar-refractivity contribution in [3.8, 4) is 0 Å². The maximum Gasteiger partial charge on any atom is 0.345 e. The van der Waals surface area contributed by atoms with Crippen molar-refractivity contribution in [2.75, 3.05) is 18.5 Å². The summed E-state index contributed by atoms with van der Waals surface area (Å²) in [6.45, 7) is 3.45. The zero-order valence-corrected chi connectivity index (χ0v) is 18.9. The number of rotatable bonds is 7. The molecule has 2 aromatic rings. The van der Waals surface area contributed by atoms with Gasteiger partial charge in [0.05, 0.1) is 22.2 Å². The Morgan fingerprint density at radius 1 is 1.19 bits per heavy atom. The van der Waals surface area contributed by atoms with E-state index in [0.717, 1.165) is 5.56 Å². The lowest BCUT2D eigenvalue weighted by Gasteiger charge is -2.10. The summed E-state index contributed by atoms with van der Waals surface area (Å²) in [4.78, 5) is 14.7. The van der Waals surface area contributed by atoms with Crippen molar-refractivity contribution >= 4 is 50.6 Å². The van der Waals surface area contributed by atoms with Crippen LogP contribution in [0.3, 0.4) is 0 Å². The molecule has 3 rings (SSSR count). The van der Waals surface area contributed by atoms with E-state index in [9.17, 15) is 13.2 Å². The van der Waals surface area contributed by atoms with Gasteiger partial charge in [-0.2, -0.15) is 18.4 Å². The van der Waals surface area contributed by atoms with E-state index >= 15 is 0 Å². The van der Waals surface area contributed by atoms with Crippen LogP contribution < -0.4 is 10.1 Å². The zero-order valence-electron chi connectivity index (χ0n) is 16.6. The van der Waals surface area contributed by atoms with Gasteiger partial charge in [0.2, 0.25) is 5.88 Å². The molecule has 0 bridgehead atoms. The lowest BCUT2D eigenvalue weighted by atomic mass is 10.2. The fourth-order valence-corrected chi connectivity index (χ4v) is 3.90. The first-order valence-electron chi connectivity index (χ1n) is 9.13. The predicted octanol–water partition coefficient (Wildman–Crippen LogP) is 3.85. The van der Waals surface area contributed by atoms with E-state index < -0.39 is 16.0 Å². The third-order valence-electron chi connectivity index (χ3n) is 4.16. The number of aryl methyl sites for hydroxylation is 1. The molecule has 1 heterocycles. The van der Waals surface area contributed by atoms with Crippen molar-refractivity contribution in [2.45, 2.75) is 18.7 Å². The van der Waals surface area contributed by atoms with Gasteiger partial charge in [-0.05, 0) is 44.2 Å². The molecule has 0 fully saturated rings. The molecule has 1 aliphatic rings. The summed E-state index contributed by atoms with van der Waals surface area (Å²) < 4.78 is 35.6. The van der Waals surface area contributed by atoms with Crippen LogP contribution in [0.2, 0.25) is 10.0 Å². The Balaban J connectivity index is 1.91. The van der Waals surface area contributed by atoms with Gasteiger partial charge in [-0.15, -0.1) is 0 Å². The minimum atomic E-state index is -3.94. The maximum absolute atomic E-state index is 12.5. The molecule has 0 atom stereocenters. The molecular weight excluding hydrogens is 465 g/mol. The van der Waals surface area contributed by atoms with Crippen LogP contribution in [-0.2, 0) is 24.3 Å². The number of nitrogens with one attached hydrogen (secondary N) is 2. The minimum Gasteiger partial charge on any atom is -0.472 e. The van der Waals surface area contributed by atoms with E-state index in [1.807, 2.05) is 6.92 Å². The van der Waals surface area contributed by atoms with Gasteiger partial charge in [-0.3, -0.25) is 0 Å². The van der Waals surface area contributed by atoms with Crippen LogP contribution in [-0.4, -0.2) is 33.3 Å². The molecule has 2 N–H and O–H groups in total. The number of benzene rings is 2. The maximum atomic E-state index is 12.5. The molecule has 0 saturated carbocycles. The topological polar surface area (TPSA) is 106 Å². The second-order valence-electron chi connectivity index (χ2n) is 6.43. The van der Waals surface area contributed by atoms with Crippen LogP contribution in [0.1, 0.15) is 12.5 Å². The van der Waals surface area contributed by atoms with E-state index in [4.69, 9.17) is 32.7 Å². The molecule has 1 aliphatic heterocycles. The van der Waals surface area contributed by atoms with E-state index in [2.05, 4.69) is 15.2 Å². The first-order valence-corrected chi connectivity index (χ1v) is 11.4. The number of hydrogen-bond acceptors (Lipinski definition) is 7. The molecule has 0 spiro atoms. The number of hydrogen-bond donors (Lipinski definition) is 2. The second kappa shape index (κ2) is 9.59. The Bertz CT molecular complexity index is 1160. The van der Waals surface area contributed by atoms with Crippen molar-refractivity contribution in [3.05, 3.63) is 69.5 Å². The molecule has 0 radical (unpaired) electrons. The SMILES string of the molecule is CCOC(=O)C1=C(Nc2ccc(Cl)cc2Cl)OC/C1=N\NS(=O)(=O)c1ccc(C)cc1. The first kappa shape index (κ1) is 22.9. The Labute approximate surface area is 189 Å². The third kappa shape index (κ3) is 5.49. The lowest BCUT2D eigenvalue weighted by molar-refractivity contribution is -0.137. The van der Waals surface area contributed by atoms with E-state index in [1.165, 1.54) is 18.2 Å². The van der Waals surface area contributed by atoms with Gasteiger partial charge in [-0.25, -0.2) is 4.79 Å². The van der Waals surface area contributed by atoms with Crippen molar-refractivity contribution in [1.29, 1.82) is 0 Å². The zero-order chi connectivity index (χ0) is 22.6. The fraction of sp³-hybridized carbons (Fsp3) is 0.200. The highest BCUT2D eigenvalue weighted by molar-refractivity contribution is 7.89. The van der Waals surface area contributed by atoms with E-state index in [-0.39, 0.29) is 35.3 Å². The van der Waals surface area contributed by atoms with Crippen LogP contribution in [0.4, 0.5) is 5.69 Å². The normalized spacial score (nSPS) is 15.0. The van der Waals surface area contributed by atoms with Crippen molar-refractivity contribution in [2.24, 2.45) is 5.10 Å². The lowest BCUT2D eigenvalue weighted by Crippen LogP contribution is -2.23. The first-order chi connectivity index (χ1) is 14.7. The number of halogens is 2. The summed E-state index contributed by atoms with van der Waals surface area (Å²) in [5, 5.41) is 7.55. The van der Waals surface area contributed by atoms with E-state index in [0.29, 0.717) is 15.7 Å². The van der Waals surface area contributed by atoms with Crippen LogP contribution in [0.25, 0.3) is 0 Å². The molecular formula is C20H19Cl2N3O5S. The molecule has 164 valence electrons. The molecule has 0 aromatic heterocycles. The number of carbonyl (C=O) groups is 1. The van der Waals surface area contributed by atoms with Gasteiger partial charge in [0, 0.05) is 5.02 Å². The standard InChI is InChI=1S/C20H19Cl2N3O5S/c1-3-29-20(26)18-17(24-25-31(27,28)14-7-4-12(2)5-8-14)11-30-19(18)23-16-9-6-13(21)10-15(16)22/h4-10,23,25H,3,11H2,1-2H3/b24-17+. The van der Waals surface area contributed by atoms with Crippen LogP contribution in [0, 0.1) is 6.92 Å². The third-order valence-corrected chi connectivity index (χ3v) is 5.93. The minimum absolute atomic E-state index is 0.0364. The molecule has 0 unspecified atom stereocenters. The van der Waals surface area contributed by atoms with Gasteiger partial charge in [0.15, 0.2) is 0 Å². The Hall–Kier alpha value is -2.75.